The van der Waals surface area contributed by atoms with Gasteiger partial charge in [-0.3, -0.25) is 9.79 Å². The fourth-order valence-electron chi connectivity index (χ4n) is 4.50. The fraction of sp³-hybridized carbons (Fsp3) is 0.474. The summed E-state index contributed by atoms with van der Waals surface area (Å²) in [6.07, 6.45) is 6.05. The van der Waals surface area contributed by atoms with Crippen LogP contribution < -0.4 is 5.32 Å². The number of para-hydroxylation sites is 1. The monoisotopic (exact) mass is 310 g/mol. The number of aliphatic imine (C=N–C) groups is 1. The first kappa shape index (κ1) is 14.6. The Morgan fingerprint density at radius 1 is 1.35 bits per heavy atom. The molecular formula is C19H22N2O2. The maximum atomic E-state index is 12.9. The Hall–Kier alpha value is -1.94. The van der Waals surface area contributed by atoms with E-state index in [4.69, 9.17) is 9.73 Å². The van der Waals surface area contributed by atoms with Crippen LogP contribution >= 0.6 is 0 Å². The Morgan fingerprint density at radius 3 is 3.00 bits per heavy atom. The Morgan fingerprint density at radius 2 is 2.17 bits per heavy atom. The number of nitrogens with zero attached hydrogens (tertiary/aromatic N) is 1. The van der Waals surface area contributed by atoms with E-state index in [1.54, 1.807) is 0 Å². The van der Waals surface area contributed by atoms with Gasteiger partial charge < -0.3 is 10.1 Å². The van der Waals surface area contributed by atoms with Gasteiger partial charge in [-0.1, -0.05) is 37.3 Å². The molecule has 1 aliphatic carbocycles. The summed E-state index contributed by atoms with van der Waals surface area (Å²) in [5.74, 6) is 0.378. The predicted molar refractivity (Wildman–Crippen MR) is 90.1 cm³/mol. The number of methoxy groups -OCH3 is 1. The van der Waals surface area contributed by atoms with E-state index in [-0.39, 0.29) is 17.9 Å². The molecule has 23 heavy (non-hydrogen) atoms. The number of benzene rings is 1. The summed E-state index contributed by atoms with van der Waals surface area (Å²) < 4.78 is 5.27. The summed E-state index contributed by atoms with van der Waals surface area (Å²) in [4.78, 5) is 17.9. The number of esters is 1. The van der Waals surface area contributed by atoms with Crippen LogP contribution in [0.5, 0.6) is 0 Å². The normalized spacial score (nSPS) is 34.7. The van der Waals surface area contributed by atoms with Crippen molar-refractivity contribution in [3.8, 4) is 0 Å². The maximum absolute atomic E-state index is 12.9. The third kappa shape index (κ3) is 2.01. The van der Waals surface area contributed by atoms with Gasteiger partial charge in [0, 0.05) is 17.7 Å². The minimum Gasteiger partial charge on any atom is -0.468 e. The second-order valence-corrected chi connectivity index (χ2v) is 6.86. The van der Waals surface area contributed by atoms with Crippen LogP contribution in [0.3, 0.4) is 0 Å². The van der Waals surface area contributed by atoms with Gasteiger partial charge in [-0.15, -0.1) is 0 Å². The molecule has 1 aromatic rings. The number of hydrogen-bond donors (Lipinski definition) is 1. The molecule has 4 unspecified atom stereocenters. The van der Waals surface area contributed by atoms with Gasteiger partial charge >= 0.3 is 5.97 Å². The average Bonchev–Trinajstić information content (AvgIpc) is 2.86. The number of nitrogens with one attached hydrogen (secondary N) is 1. The zero-order chi connectivity index (χ0) is 16.0. The topological polar surface area (TPSA) is 50.7 Å². The molecule has 4 nitrogen and oxygen atoms in total. The van der Waals surface area contributed by atoms with Crippen molar-refractivity contribution in [2.75, 3.05) is 13.7 Å². The second-order valence-electron chi connectivity index (χ2n) is 6.86. The molecule has 120 valence electrons. The van der Waals surface area contributed by atoms with E-state index in [2.05, 4.69) is 36.5 Å². The van der Waals surface area contributed by atoms with Gasteiger partial charge in [0.2, 0.25) is 0 Å². The molecular weight excluding hydrogens is 288 g/mol. The van der Waals surface area contributed by atoms with Crippen LogP contribution in [0, 0.1) is 11.3 Å². The molecule has 1 N–H and O–H groups in total. The molecule has 3 aliphatic rings. The van der Waals surface area contributed by atoms with Crippen molar-refractivity contribution in [1.82, 2.24) is 5.32 Å². The molecule has 2 heterocycles. The van der Waals surface area contributed by atoms with E-state index in [0.29, 0.717) is 5.92 Å². The van der Waals surface area contributed by atoms with Gasteiger partial charge in [0.05, 0.1) is 12.8 Å². The maximum Gasteiger partial charge on any atom is 0.319 e. The summed E-state index contributed by atoms with van der Waals surface area (Å²) in [5.41, 5.74) is 2.56. The van der Waals surface area contributed by atoms with E-state index >= 15 is 0 Å². The molecule has 0 spiro atoms. The van der Waals surface area contributed by atoms with Crippen molar-refractivity contribution in [3.63, 3.8) is 0 Å². The summed E-state index contributed by atoms with van der Waals surface area (Å²) in [6, 6.07) is 8.22. The van der Waals surface area contributed by atoms with Crippen molar-refractivity contribution < 1.29 is 9.53 Å². The average molecular weight is 310 g/mol. The zero-order valence-electron chi connectivity index (χ0n) is 13.6. The van der Waals surface area contributed by atoms with E-state index < -0.39 is 5.41 Å². The molecule has 2 aliphatic heterocycles. The number of ether oxygens (including phenoxy) is 1. The summed E-state index contributed by atoms with van der Waals surface area (Å²) in [5, 5.41) is 3.55. The van der Waals surface area contributed by atoms with Crippen molar-refractivity contribution >= 4 is 17.4 Å². The highest BCUT2D eigenvalue weighted by Crippen LogP contribution is 2.50. The zero-order valence-corrected chi connectivity index (χ0v) is 13.6. The molecule has 1 aromatic carbocycles. The lowest BCUT2D eigenvalue weighted by Gasteiger charge is -2.41. The molecule has 0 radical (unpaired) electrons. The van der Waals surface area contributed by atoms with Crippen LogP contribution in [0.2, 0.25) is 0 Å². The third-order valence-electron chi connectivity index (χ3n) is 5.49. The van der Waals surface area contributed by atoms with E-state index in [1.165, 1.54) is 12.7 Å². The smallest absolute Gasteiger partial charge is 0.319 e. The molecule has 0 amide bonds. The summed E-state index contributed by atoms with van der Waals surface area (Å²) in [7, 11) is 1.49. The van der Waals surface area contributed by atoms with E-state index in [1.807, 2.05) is 12.1 Å². The van der Waals surface area contributed by atoms with Gasteiger partial charge in [0.15, 0.2) is 0 Å². The largest absolute Gasteiger partial charge is 0.468 e. The Kier molecular flexibility index (Phi) is 3.38. The molecule has 4 rings (SSSR count). The van der Waals surface area contributed by atoms with Gasteiger partial charge in [-0.25, -0.2) is 0 Å². The number of fused-ring (bicyclic) bond motifs is 5. The minimum atomic E-state index is -0.691. The first-order valence-electron chi connectivity index (χ1n) is 8.35. The second kappa shape index (κ2) is 5.31. The summed E-state index contributed by atoms with van der Waals surface area (Å²) in [6.45, 7) is 3.03. The van der Waals surface area contributed by atoms with Crippen LogP contribution in [0.25, 0.3) is 0 Å². The number of rotatable bonds is 1. The minimum absolute atomic E-state index is 0.0378. The van der Waals surface area contributed by atoms with Crippen LogP contribution in [-0.4, -0.2) is 31.4 Å². The Bertz CT molecular complexity index is 709. The molecule has 4 heteroatoms. The highest BCUT2D eigenvalue weighted by Gasteiger charge is 2.56. The van der Waals surface area contributed by atoms with E-state index in [0.717, 1.165) is 30.8 Å². The third-order valence-corrected chi connectivity index (χ3v) is 5.49. The quantitative estimate of drug-likeness (QED) is 0.641. The Balaban J connectivity index is 1.91. The lowest BCUT2D eigenvalue weighted by atomic mass is 9.64. The van der Waals surface area contributed by atoms with Crippen molar-refractivity contribution in [2.24, 2.45) is 16.3 Å². The number of carbonyl (C=O) groups is 1. The number of carbonyl (C=O) groups excluding carboxylic acids is 1. The van der Waals surface area contributed by atoms with Crippen LogP contribution in [0.15, 0.2) is 41.4 Å². The van der Waals surface area contributed by atoms with Gasteiger partial charge in [-0.2, -0.15) is 0 Å². The first-order valence-corrected chi connectivity index (χ1v) is 8.35. The molecule has 1 saturated heterocycles. The van der Waals surface area contributed by atoms with Crippen molar-refractivity contribution in [1.29, 1.82) is 0 Å². The van der Waals surface area contributed by atoms with Crippen molar-refractivity contribution in [2.45, 2.75) is 31.7 Å². The molecule has 4 atom stereocenters. The summed E-state index contributed by atoms with van der Waals surface area (Å²) >= 11 is 0. The molecule has 0 saturated carbocycles. The standard InChI is InChI=1S/C19H22N2O2/c1-12-7-8-16-19(11-12,18(22)23-2)17-14(9-10-20-16)13-5-3-4-6-15(13)21-17/h3-8,12,14,16,20H,9-11H2,1-2H3. The van der Waals surface area contributed by atoms with Gasteiger partial charge in [0.25, 0.3) is 0 Å². The highest BCUT2D eigenvalue weighted by atomic mass is 16.5. The number of allylic oxidation sites excluding steroid dienone is 1. The van der Waals surface area contributed by atoms with Crippen LogP contribution in [0.4, 0.5) is 5.69 Å². The Labute approximate surface area is 136 Å². The molecule has 0 bridgehead atoms. The van der Waals surface area contributed by atoms with Gasteiger partial charge in [0.1, 0.15) is 5.41 Å². The first-order chi connectivity index (χ1) is 11.2. The van der Waals surface area contributed by atoms with E-state index in [9.17, 15) is 4.79 Å². The number of hydrogen-bond acceptors (Lipinski definition) is 4. The van der Waals surface area contributed by atoms with Crippen molar-refractivity contribution in [3.05, 3.63) is 42.0 Å². The molecule has 0 aromatic heterocycles. The lowest BCUT2D eigenvalue weighted by Crippen LogP contribution is -2.55. The van der Waals surface area contributed by atoms with Gasteiger partial charge in [-0.05, 0) is 36.9 Å². The SMILES string of the molecule is COC(=O)C12CC(C)C=CC1NCCC1C2=Nc2ccccc21. The predicted octanol–water partition coefficient (Wildman–Crippen LogP) is 2.97. The highest BCUT2D eigenvalue weighted by molar-refractivity contribution is 6.14. The fourth-order valence-corrected chi connectivity index (χ4v) is 4.50. The van der Waals surface area contributed by atoms with Crippen LogP contribution in [-0.2, 0) is 9.53 Å². The lowest BCUT2D eigenvalue weighted by molar-refractivity contribution is -0.150. The van der Waals surface area contributed by atoms with Crippen LogP contribution in [0.1, 0.15) is 31.2 Å². The molecule has 1 fully saturated rings.